The van der Waals surface area contributed by atoms with E-state index in [9.17, 15) is 13.2 Å². The van der Waals surface area contributed by atoms with Crippen LogP contribution in [0, 0.1) is 13.8 Å². The second-order valence-corrected chi connectivity index (χ2v) is 8.12. The highest BCUT2D eigenvalue weighted by molar-refractivity contribution is 7.88. The molecule has 2 rings (SSSR count). The number of amides is 1. The first kappa shape index (κ1) is 19.9. The average Bonchev–Trinajstić information content (AvgIpc) is 2.60. The maximum absolute atomic E-state index is 12.0. The number of carbonyl (C=O) groups excluding carboxylic acids is 1. The number of aryl methyl sites for hydroxylation is 2. The number of hydrogen-bond donors (Lipinski definition) is 2. The molecule has 1 amide bonds. The number of nitrogens with one attached hydrogen (secondary N) is 2. The van der Waals surface area contributed by atoms with E-state index in [-0.39, 0.29) is 11.7 Å². The third kappa shape index (κ3) is 6.13. The van der Waals surface area contributed by atoms with E-state index < -0.39 is 10.0 Å². The Hall–Kier alpha value is -2.44. The first-order chi connectivity index (χ1) is 12.3. The molecule has 0 unspecified atom stereocenters. The summed E-state index contributed by atoms with van der Waals surface area (Å²) in [7, 11) is -1.89. The predicted octanol–water partition coefficient (Wildman–Crippen LogP) is 2.68. The summed E-state index contributed by atoms with van der Waals surface area (Å²) in [6.45, 7) is 4.43. The minimum atomic E-state index is -3.28. The minimum absolute atomic E-state index is 0.0607. The maximum atomic E-state index is 12.0. The molecule has 2 aromatic carbocycles. The number of rotatable bonds is 7. The summed E-state index contributed by atoms with van der Waals surface area (Å²) in [5.41, 5.74) is 4.94. The molecule has 6 heteroatoms. The van der Waals surface area contributed by atoms with Gasteiger partial charge in [0.25, 0.3) is 0 Å². The highest BCUT2D eigenvalue weighted by Crippen LogP contribution is 2.12. The van der Waals surface area contributed by atoms with Crippen molar-refractivity contribution in [3.8, 4) is 0 Å². The van der Waals surface area contributed by atoms with Gasteiger partial charge in [-0.25, -0.2) is 13.1 Å². The van der Waals surface area contributed by atoms with Crippen LogP contribution in [-0.2, 0) is 27.1 Å². The second-order valence-electron chi connectivity index (χ2n) is 6.19. The second kappa shape index (κ2) is 8.78. The Bertz CT molecular complexity index is 901. The van der Waals surface area contributed by atoms with Crippen LogP contribution in [0.2, 0.25) is 0 Å². The van der Waals surface area contributed by atoms with Gasteiger partial charge in [-0.3, -0.25) is 4.79 Å². The third-order valence-electron chi connectivity index (χ3n) is 4.00. The van der Waals surface area contributed by atoms with E-state index >= 15 is 0 Å². The molecule has 0 bridgehead atoms. The van der Waals surface area contributed by atoms with Crippen molar-refractivity contribution in [1.82, 2.24) is 10.0 Å². The van der Waals surface area contributed by atoms with Crippen LogP contribution in [0.4, 0.5) is 0 Å². The van der Waals surface area contributed by atoms with Gasteiger partial charge in [0.2, 0.25) is 15.9 Å². The van der Waals surface area contributed by atoms with Crippen LogP contribution >= 0.6 is 0 Å². The first-order valence-corrected chi connectivity index (χ1v) is 9.96. The first-order valence-electron chi connectivity index (χ1n) is 8.31. The summed E-state index contributed by atoms with van der Waals surface area (Å²) in [5.74, 6) is -0.235. The molecule has 26 heavy (non-hydrogen) atoms. The van der Waals surface area contributed by atoms with Crippen LogP contribution in [-0.4, -0.2) is 21.4 Å². The van der Waals surface area contributed by atoms with Gasteiger partial charge in [0.1, 0.15) is 0 Å². The average molecular weight is 372 g/mol. The van der Waals surface area contributed by atoms with Crippen LogP contribution in [0.25, 0.3) is 6.08 Å². The summed E-state index contributed by atoms with van der Waals surface area (Å²) in [6.07, 6.45) is 3.32. The van der Waals surface area contributed by atoms with Crippen LogP contribution in [0.3, 0.4) is 0 Å². The van der Waals surface area contributed by atoms with E-state index in [0.29, 0.717) is 12.1 Å². The molecule has 0 heterocycles. The van der Waals surface area contributed by atoms with E-state index in [4.69, 9.17) is 0 Å². The molecule has 2 N–H and O–H groups in total. The largest absolute Gasteiger partial charge is 0.348 e. The van der Waals surface area contributed by atoms with Gasteiger partial charge in [-0.2, -0.15) is 0 Å². The molecule has 0 atom stereocenters. The summed E-state index contributed by atoms with van der Waals surface area (Å²) < 4.78 is 25.3. The predicted molar refractivity (Wildman–Crippen MR) is 105 cm³/mol. The molecule has 0 aliphatic carbocycles. The molecule has 0 aromatic heterocycles. The van der Waals surface area contributed by atoms with Crippen molar-refractivity contribution in [2.24, 2.45) is 0 Å². The lowest BCUT2D eigenvalue weighted by Crippen LogP contribution is -2.21. The molecule has 0 fully saturated rings. The van der Waals surface area contributed by atoms with Crippen LogP contribution in [0.1, 0.15) is 27.8 Å². The molecule has 0 aliphatic rings. The Labute approximate surface area is 155 Å². The van der Waals surface area contributed by atoms with Gasteiger partial charge in [0.05, 0.1) is 5.75 Å². The van der Waals surface area contributed by atoms with Gasteiger partial charge in [-0.05, 0) is 49.2 Å². The maximum Gasteiger partial charge on any atom is 0.244 e. The fourth-order valence-electron chi connectivity index (χ4n) is 2.47. The summed E-state index contributed by atoms with van der Waals surface area (Å²) in [6, 6.07) is 13.2. The topological polar surface area (TPSA) is 75.3 Å². The van der Waals surface area contributed by atoms with Crippen LogP contribution in [0.15, 0.2) is 48.5 Å². The Morgan fingerprint density at radius 3 is 2.31 bits per heavy atom. The van der Waals surface area contributed by atoms with Gasteiger partial charge in [-0.1, -0.05) is 48.0 Å². The molecule has 0 aliphatic heterocycles. The molecule has 2 aromatic rings. The third-order valence-corrected chi connectivity index (χ3v) is 5.33. The van der Waals surface area contributed by atoms with Gasteiger partial charge >= 0.3 is 0 Å². The van der Waals surface area contributed by atoms with Crippen molar-refractivity contribution in [3.63, 3.8) is 0 Å². The standard InChI is InChI=1S/C20H24N2O3S/c1-15-4-9-19(16(2)12-15)10-11-20(23)22-13-17-5-7-18(8-6-17)14-26(24,25)21-3/h4-12,21H,13-14H2,1-3H3,(H,22,23)/b11-10+. The zero-order valence-corrected chi connectivity index (χ0v) is 16.1. The van der Waals surface area contributed by atoms with E-state index in [0.717, 1.165) is 16.7 Å². The summed E-state index contributed by atoms with van der Waals surface area (Å²) >= 11 is 0. The normalized spacial score (nSPS) is 11.7. The molecular formula is C20H24N2O3S. The van der Waals surface area contributed by atoms with Crippen molar-refractivity contribution in [3.05, 3.63) is 76.4 Å². The summed E-state index contributed by atoms with van der Waals surface area (Å²) in [5, 5.41) is 2.82. The molecule has 0 radical (unpaired) electrons. The van der Waals surface area contributed by atoms with Crippen molar-refractivity contribution >= 4 is 22.0 Å². The number of hydrogen-bond acceptors (Lipinski definition) is 3. The Morgan fingerprint density at radius 2 is 1.69 bits per heavy atom. The minimum Gasteiger partial charge on any atom is -0.348 e. The van der Waals surface area contributed by atoms with Crippen molar-refractivity contribution in [2.45, 2.75) is 26.1 Å². The van der Waals surface area contributed by atoms with Crippen molar-refractivity contribution in [1.29, 1.82) is 0 Å². The zero-order valence-electron chi connectivity index (χ0n) is 15.2. The molecule has 0 saturated carbocycles. The summed E-state index contributed by atoms with van der Waals surface area (Å²) in [4.78, 5) is 12.0. The molecule has 0 saturated heterocycles. The molecule has 138 valence electrons. The van der Waals surface area contributed by atoms with Crippen LogP contribution in [0.5, 0.6) is 0 Å². The van der Waals surface area contributed by atoms with Gasteiger partial charge < -0.3 is 5.32 Å². The monoisotopic (exact) mass is 372 g/mol. The Morgan fingerprint density at radius 1 is 1.04 bits per heavy atom. The number of benzene rings is 2. The highest BCUT2D eigenvalue weighted by Gasteiger charge is 2.08. The SMILES string of the molecule is CNS(=O)(=O)Cc1ccc(CNC(=O)/C=C/c2ccc(C)cc2C)cc1. The van der Waals surface area contributed by atoms with E-state index in [1.807, 2.05) is 38.1 Å². The lowest BCUT2D eigenvalue weighted by atomic mass is 10.1. The van der Waals surface area contributed by atoms with Crippen molar-refractivity contribution < 1.29 is 13.2 Å². The number of sulfonamides is 1. The number of carbonyl (C=O) groups is 1. The Balaban J connectivity index is 1.90. The molecule has 5 nitrogen and oxygen atoms in total. The lowest BCUT2D eigenvalue weighted by molar-refractivity contribution is -0.116. The van der Waals surface area contributed by atoms with Crippen molar-refractivity contribution in [2.75, 3.05) is 7.05 Å². The van der Waals surface area contributed by atoms with Gasteiger partial charge in [0.15, 0.2) is 0 Å². The fourth-order valence-corrected chi connectivity index (χ4v) is 3.25. The van der Waals surface area contributed by atoms with E-state index in [2.05, 4.69) is 16.1 Å². The smallest absolute Gasteiger partial charge is 0.244 e. The molecule has 0 spiro atoms. The van der Waals surface area contributed by atoms with Gasteiger partial charge in [-0.15, -0.1) is 0 Å². The van der Waals surface area contributed by atoms with Crippen LogP contribution < -0.4 is 10.0 Å². The Kier molecular flexibility index (Phi) is 6.71. The highest BCUT2D eigenvalue weighted by atomic mass is 32.2. The van der Waals surface area contributed by atoms with Gasteiger partial charge in [0, 0.05) is 12.6 Å². The fraction of sp³-hybridized carbons (Fsp3) is 0.250. The van der Waals surface area contributed by atoms with E-state index in [1.54, 1.807) is 18.2 Å². The zero-order chi connectivity index (χ0) is 19.2. The van der Waals surface area contributed by atoms with E-state index in [1.165, 1.54) is 18.7 Å². The lowest BCUT2D eigenvalue weighted by Gasteiger charge is -2.06. The molecular weight excluding hydrogens is 348 g/mol. The quantitative estimate of drug-likeness (QED) is 0.734.